The van der Waals surface area contributed by atoms with Crippen molar-refractivity contribution in [3.05, 3.63) is 77.5 Å². The third-order valence-electron chi connectivity index (χ3n) is 4.35. The molecule has 132 valence electrons. The SMILES string of the molecule is O=C1NC[C@H](NCc2ccccc2F)n2nc(-c3ccc(F)cc3)cc21. The first-order chi connectivity index (χ1) is 12.6. The molecule has 5 nitrogen and oxygen atoms in total. The average molecular weight is 354 g/mol. The molecule has 7 heteroatoms. The minimum atomic E-state index is -0.333. The van der Waals surface area contributed by atoms with Crippen molar-refractivity contribution in [2.75, 3.05) is 6.54 Å². The number of carbonyl (C=O) groups is 1. The molecule has 0 radical (unpaired) electrons. The zero-order chi connectivity index (χ0) is 18.1. The van der Waals surface area contributed by atoms with Crippen molar-refractivity contribution in [2.45, 2.75) is 12.7 Å². The second-order valence-corrected chi connectivity index (χ2v) is 6.06. The van der Waals surface area contributed by atoms with Gasteiger partial charge in [0, 0.05) is 17.7 Å². The van der Waals surface area contributed by atoms with E-state index >= 15 is 0 Å². The molecule has 3 aromatic rings. The highest BCUT2D eigenvalue weighted by Gasteiger charge is 2.27. The number of hydrogen-bond acceptors (Lipinski definition) is 3. The summed E-state index contributed by atoms with van der Waals surface area (Å²) in [6, 6.07) is 14.1. The van der Waals surface area contributed by atoms with Gasteiger partial charge in [0.1, 0.15) is 23.5 Å². The fraction of sp³-hybridized carbons (Fsp3) is 0.158. The van der Waals surface area contributed by atoms with Gasteiger partial charge < -0.3 is 5.32 Å². The molecule has 0 saturated heterocycles. The van der Waals surface area contributed by atoms with Gasteiger partial charge in [-0.05, 0) is 36.4 Å². The molecule has 0 spiro atoms. The maximum atomic E-state index is 13.8. The summed E-state index contributed by atoms with van der Waals surface area (Å²) in [5.74, 6) is -0.845. The summed E-state index contributed by atoms with van der Waals surface area (Å²) in [5, 5.41) is 10.5. The Hall–Kier alpha value is -3.06. The number of benzene rings is 2. The van der Waals surface area contributed by atoms with Crippen molar-refractivity contribution in [1.29, 1.82) is 0 Å². The van der Waals surface area contributed by atoms with Gasteiger partial charge in [-0.15, -0.1) is 0 Å². The molecule has 1 aliphatic rings. The van der Waals surface area contributed by atoms with Gasteiger partial charge in [0.05, 0.1) is 12.2 Å². The molecule has 0 unspecified atom stereocenters. The van der Waals surface area contributed by atoms with Crippen LogP contribution in [0.2, 0.25) is 0 Å². The van der Waals surface area contributed by atoms with Crippen LogP contribution in [0.4, 0.5) is 8.78 Å². The van der Waals surface area contributed by atoms with Crippen molar-refractivity contribution in [3.63, 3.8) is 0 Å². The van der Waals surface area contributed by atoms with E-state index in [-0.39, 0.29) is 23.7 Å². The zero-order valence-electron chi connectivity index (χ0n) is 13.7. The van der Waals surface area contributed by atoms with Crippen LogP contribution in [0.15, 0.2) is 54.6 Å². The highest BCUT2D eigenvalue weighted by Crippen LogP contribution is 2.23. The van der Waals surface area contributed by atoms with Gasteiger partial charge in [-0.2, -0.15) is 5.10 Å². The molecule has 2 N–H and O–H groups in total. The predicted octanol–water partition coefficient (Wildman–Crippen LogP) is 2.86. The van der Waals surface area contributed by atoms with Crippen molar-refractivity contribution in [2.24, 2.45) is 0 Å². The first-order valence-electron chi connectivity index (χ1n) is 8.22. The van der Waals surface area contributed by atoms with E-state index in [1.165, 1.54) is 18.2 Å². The number of rotatable bonds is 4. The zero-order valence-corrected chi connectivity index (χ0v) is 13.7. The predicted molar refractivity (Wildman–Crippen MR) is 92.2 cm³/mol. The smallest absolute Gasteiger partial charge is 0.269 e. The highest BCUT2D eigenvalue weighted by molar-refractivity contribution is 5.94. The highest BCUT2D eigenvalue weighted by atomic mass is 19.1. The number of fused-ring (bicyclic) bond motifs is 1. The largest absolute Gasteiger partial charge is 0.347 e. The molecule has 1 aromatic heterocycles. The quantitative estimate of drug-likeness (QED) is 0.757. The van der Waals surface area contributed by atoms with E-state index in [0.29, 0.717) is 35.6 Å². The lowest BCUT2D eigenvalue weighted by atomic mass is 10.1. The molecule has 0 bridgehead atoms. The normalized spacial score (nSPS) is 16.2. The Balaban J connectivity index is 1.60. The first kappa shape index (κ1) is 16.4. The lowest BCUT2D eigenvalue weighted by Gasteiger charge is -2.25. The number of amides is 1. The van der Waals surface area contributed by atoms with Crippen LogP contribution in [-0.4, -0.2) is 22.2 Å². The Bertz CT molecular complexity index is 952. The fourth-order valence-corrected chi connectivity index (χ4v) is 2.96. The Morgan fingerprint density at radius 3 is 2.69 bits per heavy atom. The van der Waals surface area contributed by atoms with E-state index in [4.69, 9.17) is 0 Å². The number of nitrogens with zero attached hydrogens (tertiary/aromatic N) is 2. The van der Waals surface area contributed by atoms with Crippen molar-refractivity contribution in [1.82, 2.24) is 20.4 Å². The lowest BCUT2D eigenvalue weighted by molar-refractivity contribution is 0.0900. The van der Waals surface area contributed by atoms with Gasteiger partial charge >= 0.3 is 0 Å². The Kier molecular flexibility index (Phi) is 4.22. The van der Waals surface area contributed by atoms with Crippen molar-refractivity contribution >= 4 is 5.91 Å². The third kappa shape index (κ3) is 3.09. The number of carbonyl (C=O) groups excluding carboxylic acids is 1. The molecule has 0 fully saturated rings. The fourth-order valence-electron chi connectivity index (χ4n) is 2.96. The molecule has 0 saturated carbocycles. The Morgan fingerprint density at radius 2 is 1.92 bits per heavy atom. The molecule has 1 atom stereocenters. The Labute approximate surface area is 148 Å². The van der Waals surface area contributed by atoms with Crippen LogP contribution in [-0.2, 0) is 6.54 Å². The summed E-state index contributed by atoms with van der Waals surface area (Å²) < 4.78 is 28.5. The van der Waals surface area contributed by atoms with Gasteiger partial charge in [0.2, 0.25) is 0 Å². The average Bonchev–Trinajstić information content (AvgIpc) is 3.09. The van der Waals surface area contributed by atoms with Gasteiger partial charge in [0.25, 0.3) is 5.91 Å². The summed E-state index contributed by atoms with van der Waals surface area (Å²) >= 11 is 0. The van der Waals surface area contributed by atoms with Crippen molar-refractivity contribution < 1.29 is 13.6 Å². The topological polar surface area (TPSA) is 59.0 Å². The maximum Gasteiger partial charge on any atom is 0.269 e. The molecule has 1 aliphatic heterocycles. The summed E-state index contributed by atoms with van der Waals surface area (Å²) in [5.41, 5.74) is 2.24. The molecule has 1 amide bonds. The van der Waals surface area contributed by atoms with Crippen LogP contribution >= 0.6 is 0 Å². The number of aromatic nitrogens is 2. The van der Waals surface area contributed by atoms with Gasteiger partial charge in [-0.1, -0.05) is 18.2 Å². The molecule has 4 rings (SSSR count). The number of nitrogens with one attached hydrogen (secondary N) is 2. The van der Waals surface area contributed by atoms with E-state index in [1.54, 1.807) is 41.1 Å². The van der Waals surface area contributed by atoms with Crippen molar-refractivity contribution in [3.8, 4) is 11.3 Å². The third-order valence-corrected chi connectivity index (χ3v) is 4.35. The summed E-state index contributed by atoms with van der Waals surface area (Å²) in [6.45, 7) is 0.642. The van der Waals surface area contributed by atoms with Crippen LogP contribution < -0.4 is 10.6 Å². The van der Waals surface area contributed by atoms with Crippen LogP contribution in [0, 0.1) is 11.6 Å². The van der Waals surface area contributed by atoms with E-state index in [1.807, 2.05) is 0 Å². The van der Waals surface area contributed by atoms with E-state index < -0.39 is 0 Å². The summed E-state index contributed by atoms with van der Waals surface area (Å²) in [7, 11) is 0. The summed E-state index contributed by atoms with van der Waals surface area (Å²) in [4.78, 5) is 12.1. The second-order valence-electron chi connectivity index (χ2n) is 6.06. The lowest BCUT2D eigenvalue weighted by Crippen LogP contribution is -2.45. The van der Waals surface area contributed by atoms with Crippen LogP contribution in [0.1, 0.15) is 22.2 Å². The Morgan fingerprint density at radius 1 is 1.15 bits per heavy atom. The molecule has 26 heavy (non-hydrogen) atoms. The maximum absolute atomic E-state index is 13.8. The van der Waals surface area contributed by atoms with E-state index in [9.17, 15) is 13.6 Å². The molecular formula is C19H16F2N4O. The van der Waals surface area contributed by atoms with Gasteiger partial charge in [-0.25, -0.2) is 13.5 Å². The number of hydrogen-bond donors (Lipinski definition) is 2. The molecular weight excluding hydrogens is 338 g/mol. The molecule has 2 aromatic carbocycles. The second kappa shape index (κ2) is 6.68. The standard InChI is InChI=1S/C19H16F2N4O/c20-14-7-5-12(6-8-14)16-9-17-19(26)23-11-18(25(17)24-16)22-10-13-3-1-2-4-15(13)21/h1-9,18,22H,10-11H2,(H,23,26)/t18-/m1/s1. The van der Waals surface area contributed by atoms with Crippen LogP contribution in [0.5, 0.6) is 0 Å². The number of halogens is 2. The first-order valence-corrected chi connectivity index (χ1v) is 8.22. The van der Waals surface area contributed by atoms with Crippen LogP contribution in [0.3, 0.4) is 0 Å². The van der Waals surface area contributed by atoms with E-state index in [0.717, 1.165) is 0 Å². The molecule has 0 aliphatic carbocycles. The van der Waals surface area contributed by atoms with E-state index in [2.05, 4.69) is 15.7 Å². The van der Waals surface area contributed by atoms with Gasteiger partial charge in [-0.3, -0.25) is 10.1 Å². The van der Waals surface area contributed by atoms with Gasteiger partial charge in [0.15, 0.2) is 0 Å². The summed E-state index contributed by atoms with van der Waals surface area (Å²) in [6.07, 6.45) is -0.309. The minimum Gasteiger partial charge on any atom is -0.347 e. The molecule has 2 heterocycles. The minimum absolute atomic E-state index is 0.227. The monoisotopic (exact) mass is 354 g/mol. The van der Waals surface area contributed by atoms with Crippen LogP contribution in [0.25, 0.3) is 11.3 Å².